The van der Waals surface area contributed by atoms with Gasteiger partial charge in [-0.3, -0.25) is 4.84 Å². The number of aryl methyl sites for hydroxylation is 1. The zero-order chi connectivity index (χ0) is 18.5. The molecule has 0 unspecified atom stereocenters. The minimum absolute atomic E-state index is 0.217. The van der Waals surface area contributed by atoms with Crippen molar-refractivity contribution < 1.29 is 4.84 Å². The van der Waals surface area contributed by atoms with Crippen LogP contribution in [0.4, 0.5) is 5.95 Å². The lowest BCUT2D eigenvalue weighted by Gasteiger charge is -2.20. The van der Waals surface area contributed by atoms with Gasteiger partial charge in [0.25, 0.3) is 5.95 Å². The van der Waals surface area contributed by atoms with E-state index in [1.807, 2.05) is 56.3 Å². The van der Waals surface area contributed by atoms with E-state index in [1.54, 1.807) is 6.07 Å². The third-order valence-electron chi connectivity index (χ3n) is 3.86. The lowest BCUT2D eigenvalue weighted by molar-refractivity contribution is 0.0932. The number of aromatic nitrogens is 3. The molecule has 0 aliphatic rings. The summed E-state index contributed by atoms with van der Waals surface area (Å²) in [6.07, 6.45) is 1.42. The van der Waals surface area contributed by atoms with E-state index in [0.717, 1.165) is 11.1 Å². The van der Waals surface area contributed by atoms with E-state index in [2.05, 4.69) is 9.97 Å². The Kier molecular flexibility index (Phi) is 5.65. The van der Waals surface area contributed by atoms with Crippen molar-refractivity contribution in [2.45, 2.75) is 20.5 Å². The molecule has 2 aromatic carbocycles. The summed E-state index contributed by atoms with van der Waals surface area (Å²) < 4.78 is 1.34. The summed E-state index contributed by atoms with van der Waals surface area (Å²) >= 11 is 6.23. The first-order chi connectivity index (χ1) is 12.6. The summed E-state index contributed by atoms with van der Waals surface area (Å²) in [5, 5.41) is 1.97. The topological polar surface area (TPSA) is 60.2 Å². The fourth-order valence-electron chi connectivity index (χ4n) is 2.55. The maximum atomic E-state index is 12.5. The molecule has 0 bridgehead atoms. The van der Waals surface area contributed by atoms with Crippen molar-refractivity contribution in [1.82, 2.24) is 14.5 Å². The number of benzene rings is 2. The quantitative estimate of drug-likeness (QED) is 0.621. The van der Waals surface area contributed by atoms with Crippen molar-refractivity contribution in [3.05, 3.63) is 81.5 Å². The van der Waals surface area contributed by atoms with Crippen LogP contribution in [0.5, 0.6) is 0 Å². The fraction of sp³-hybridized carbons (Fsp3) is 0.211. The zero-order valence-corrected chi connectivity index (χ0v) is 15.3. The molecular weight excluding hydrogens is 352 g/mol. The zero-order valence-electron chi connectivity index (χ0n) is 14.6. The van der Waals surface area contributed by atoms with Crippen LogP contribution >= 0.6 is 11.6 Å². The summed E-state index contributed by atoms with van der Waals surface area (Å²) in [6, 6.07) is 15.2. The van der Waals surface area contributed by atoms with E-state index in [-0.39, 0.29) is 5.95 Å². The number of hydrogen-bond acceptors (Lipinski definition) is 5. The molecule has 3 rings (SSSR count). The van der Waals surface area contributed by atoms with Gasteiger partial charge in [-0.1, -0.05) is 54.1 Å². The minimum Gasteiger partial charge on any atom is -0.266 e. The highest BCUT2D eigenvalue weighted by Crippen LogP contribution is 2.22. The Labute approximate surface area is 156 Å². The van der Waals surface area contributed by atoms with E-state index in [1.165, 1.54) is 16.0 Å². The number of halogens is 1. The number of para-hydroxylation sites is 1. The molecule has 0 aliphatic heterocycles. The van der Waals surface area contributed by atoms with E-state index >= 15 is 0 Å². The van der Waals surface area contributed by atoms with Crippen LogP contribution in [0.1, 0.15) is 18.1 Å². The second kappa shape index (κ2) is 8.12. The van der Waals surface area contributed by atoms with Gasteiger partial charge in [-0.2, -0.15) is 4.98 Å². The molecule has 0 atom stereocenters. The molecule has 0 fully saturated rings. The van der Waals surface area contributed by atoms with Gasteiger partial charge in [-0.25, -0.2) is 19.4 Å². The third-order valence-corrected chi connectivity index (χ3v) is 4.16. The van der Waals surface area contributed by atoms with Crippen LogP contribution in [0.3, 0.4) is 0 Å². The van der Waals surface area contributed by atoms with Crippen molar-refractivity contribution in [3.8, 4) is 5.69 Å². The van der Waals surface area contributed by atoms with Crippen LogP contribution < -0.4 is 10.8 Å². The summed E-state index contributed by atoms with van der Waals surface area (Å²) in [7, 11) is 0. The number of nitrogens with zero attached hydrogens (tertiary/aromatic N) is 4. The van der Waals surface area contributed by atoms with Gasteiger partial charge in [-0.05, 0) is 31.0 Å². The Morgan fingerprint density at radius 1 is 1.15 bits per heavy atom. The first kappa shape index (κ1) is 18.1. The molecule has 0 spiro atoms. The number of hydroxylamine groups is 1. The van der Waals surface area contributed by atoms with Crippen molar-refractivity contribution >= 4 is 17.5 Å². The lowest BCUT2D eigenvalue weighted by atomic mass is 10.2. The average molecular weight is 371 g/mol. The molecule has 0 aliphatic carbocycles. The van der Waals surface area contributed by atoms with Gasteiger partial charge in [0.1, 0.15) is 12.9 Å². The number of anilines is 1. The lowest BCUT2D eigenvalue weighted by Crippen LogP contribution is -2.30. The van der Waals surface area contributed by atoms with Crippen LogP contribution in [0, 0.1) is 6.92 Å². The molecule has 0 amide bonds. The van der Waals surface area contributed by atoms with E-state index < -0.39 is 5.69 Å². The van der Waals surface area contributed by atoms with Gasteiger partial charge < -0.3 is 0 Å². The molecular formula is C19H19ClN4O2. The Bertz CT molecular complexity index is 924. The molecule has 0 saturated heterocycles. The Balaban J connectivity index is 1.85. The molecule has 26 heavy (non-hydrogen) atoms. The summed E-state index contributed by atoms with van der Waals surface area (Å²) in [4.78, 5) is 26.6. The van der Waals surface area contributed by atoms with Gasteiger partial charge in [0.05, 0.1) is 10.7 Å². The van der Waals surface area contributed by atoms with Crippen LogP contribution in [0.2, 0.25) is 5.02 Å². The highest BCUT2D eigenvalue weighted by Gasteiger charge is 2.14. The fourth-order valence-corrected chi connectivity index (χ4v) is 2.86. The van der Waals surface area contributed by atoms with Crippen LogP contribution in [-0.2, 0) is 11.4 Å². The van der Waals surface area contributed by atoms with E-state index in [9.17, 15) is 4.79 Å². The van der Waals surface area contributed by atoms with Gasteiger partial charge in [0, 0.05) is 6.54 Å². The maximum Gasteiger partial charge on any atom is 0.356 e. The van der Waals surface area contributed by atoms with E-state index in [4.69, 9.17) is 16.4 Å². The van der Waals surface area contributed by atoms with Gasteiger partial charge in [0.15, 0.2) is 0 Å². The average Bonchev–Trinajstić information content (AvgIpc) is 2.64. The predicted molar refractivity (Wildman–Crippen MR) is 102 cm³/mol. The van der Waals surface area contributed by atoms with Crippen LogP contribution in [-0.4, -0.2) is 21.1 Å². The van der Waals surface area contributed by atoms with Crippen molar-refractivity contribution in [1.29, 1.82) is 0 Å². The van der Waals surface area contributed by atoms with E-state index in [0.29, 0.717) is 23.9 Å². The number of hydrogen-bond donors (Lipinski definition) is 0. The normalized spacial score (nSPS) is 10.7. The highest BCUT2D eigenvalue weighted by atomic mass is 35.5. The summed E-state index contributed by atoms with van der Waals surface area (Å²) in [6.45, 7) is 4.65. The Morgan fingerprint density at radius 3 is 2.58 bits per heavy atom. The molecule has 1 heterocycles. The van der Waals surface area contributed by atoms with Crippen LogP contribution in [0.15, 0.2) is 59.7 Å². The molecule has 0 N–H and O–H groups in total. The predicted octanol–water partition coefficient (Wildman–Crippen LogP) is 3.55. The molecule has 0 radical (unpaired) electrons. The molecule has 0 saturated carbocycles. The molecule has 6 nitrogen and oxygen atoms in total. The Hall–Kier alpha value is -2.70. The van der Waals surface area contributed by atoms with Crippen molar-refractivity contribution in [2.75, 3.05) is 11.6 Å². The smallest absolute Gasteiger partial charge is 0.266 e. The second-order valence-corrected chi connectivity index (χ2v) is 6.08. The minimum atomic E-state index is -0.465. The molecule has 7 heteroatoms. The summed E-state index contributed by atoms with van der Waals surface area (Å²) in [5.41, 5.74) is 2.00. The van der Waals surface area contributed by atoms with Crippen LogP contribution in [0.25, 0.3) is 5.69 Å². The largest absolute Gasteiger partial charge is 0.356 e. The molecule has 3 aromatic rings. The summed E-state index contributed by atoms with van der Waals surface area (Å²) in [5.74, 6) is 0.217. The van der Waals surface area contributed by atoms with Crippen molar-refractivity contribution in [3.63, 3.8) is 0 Å². The number of rotatable bonds is 6. The Morgan fingerprint density at radius 2 is 1.92 bits per heavy atom. The SMILES string of the molecule is CCN(OCc1ccccc1)c1ncn(-c2c(C)cccc2Cl)c(=O)n1. The monoisotopic (exact) mass is 370 g/mol. The third kappa shape index (κ3) is 3.92. The van der Waals surface area contributed by atoms with Crippen molar-refractivity contribution in [2.24, 2.45) is 0 Å². The first-order valence-electron chi connectivity index (χ1n) is 8.25. The first-order valence-corrected chi connectivity index (χ1v) is 8.63. The standard InChI is InChI=1S/C19H19ClN4O2/c1-3-24(26-12-15-9-5-4-6-10-15)18-21-13-23(19(25)22-18)17-14(2)8-7-11-16(17)20/h4-11,13H,3,12H2,1-2H3. The van der Waals surface area contributed by atoms with Gasteiger partial charge in [0.2, 0.25) is 0 Å². The molecule has 134 valence electrons. The highest BCUT2D eigenvalue weighted by molar-refractivity contribution is 6.32. The maximum absolute atomic E-state index is 12.5. The molecule has 1 aromatic heterocycles. The second-order valence-electron chi connectivity index (χ2n) is 5.67. The van der Waals surface area contributed by atoms with Gasteiger partial charge >= 0.3 is 5.69 Å². The van der Waals surface area contributed by atoms with Gasteiger partial charge in [-0.15, -0.1) is 0 Å².